The Labute approximate surface area is 332 Å². The summed E-state index contributed by atoms with van der Waals surface area (Å²) in [5, 5.41) is 2.82. The smallest absolute Gasteiger partial charge is 0.164 e. The Kier molecular flexibility index (Phi) is 7.29. The van der Waals surface area contributed by atoms with Crippen molar-refractivity contribution in [2.24, 2.45) is 23.7 Å². The summed E-state index contributed by atoms with van der Waals surface area (Å²) < 4.78 is 14.3. The van der Waals surface area contributed by atoms with Gasteiger partial charge in [0, 0.05) is 22.1 Å². The molecule has 5 aliphatic carbocycles. The average Bonchev–Trinajstić information content (AvgIpc) is 3.57. The molecular weight excluding hydrogens is 698 g/mol. The fraction of sp³-hybridized carbons (Fsp3) is 0.189. The second-order valence-electron chi connectivity index (χ2n) is 17.0. The van der Waals surface area contributed by atoms with Crippen molar-refractivity contribution in [1.29, 1.82) is 0 Å². The van der Waals surface area contributed by atoms with E-state index in [0.717, 1.165) is 28.5 Å². The quantitative estimate of drug-likeness (QED) is 0.177. The minimum Gasteiger partial charge on any atom is -0.208 e. The number of hydrogen-bond acceptors (Lipinski definition) is 3. The Morgan fingerprint density at radius 3 is 1.72 bits per heavy atom. The number of hydrogen-bond donors (Lipinski definition) is 0. The van der Waals surface area contributed by atoms with Crippen molar-refractivity contribution >= 4 is 10.8 Å². The monoisotopic (exact) mass is 737 g/mol. The lowest BCUT2D eigenvalue weighted by molar-refractivity contribution is -0.0391. The molecule has 0 N–H and O–H groups in total. The second-order valence-corrected chi connectivity index (χ2v) is 17.0. The Balaban J connectivity index is 0.959. The van der Waals surface area contributed by atoms with E-state index in [-0.39, 0.29) is 11.2 Å². The third-order valence-corrected chi connectivity index (χ3v) is 13.9. The third-order valence-electron chi connectivity index (χ3n) is 13.9. The Morgan fingerprint density at radius 2 is 0.965 bits per heavy atom. The van der Waals surface area contributed by atoms with Crippen LogP contribution in [0.1, 0.15) is 43.2 Å². The van der Waals surface area contributed by atoms with Gasteiger partial charge in [0.1, 0.15) is 5.82 Å². The molecule has 1 aromatic heterocycles. The van der Waals surface area contributed by atoms with Crippen molar-refractivity contribution in [2.45, 2.75) is 37.5 Å². The average molecular weight is 738 g/mol. The van der Waals surface area contributed by atoms with Crippen LogP contribution in [-0.4, -0.2) is 15.0 Å². The lowest BCUT2D eigenvalue weighted by Crippen LogP contribution is -2.55. The standard InChI is InChI=1S/C53H40FN3/c54-43-15-7-14-40(31-43)52-56-50(36-10-2-1-3-11-36)55-51(57-52)37-21-19-34(20-22-37)38-12-6-13-39(30-38)45-17-8-18-46-47-24-23-35-9-4-5-16-44(35)48(47)53(49(45)46)41-26-32-25-33(28-41)29-42(53)27-32/h1-24,30-33,41-42H,25-29H2. The molecule has 1 spiro atoms. The Hall–Kier alpha value is -6.26. The molecule has 274 valence electrons. The van der Waals surface area contributed by atoms with E-state index in [1.54, 1.807) is 17.2 Å². The summed E-state index contributed by atoms with van der Waals surface area (Å²) in [6.07, 6.45) is 6.86. The van der Waals surface area contributed by atoms with E-state index >= 15 is 0 Å². The van der Waals surface area contributed by atoms with E-state index < -0.39 is 0 Å². The molecule has 5 aliphatic rings. The molecule has 3 nitrogen and oxygen atoms in total. The molecule has 4 bridgehead atoms. The van der Waals surface area contributed by atoms with Gasteiger partial charge in [0.2, 0.25) is 0 Å². The summed E-state index contributed by atoms with van der Waals surface area (Å²) in [7, 11) is 0. The zero-order chi connectivity index (χ0) is 37.7. The normalized spacial score (nSPS) is 22.5. The molecule has 8 aromatic rings. The van der Waals surface area contributed by atoms with Gasteiger partial charge >= 0.3 is 0 Å². The first-order chi connectivity index (χ1) is 28.1. The molecule has 0 unspecified atom stereocenters. The molecule has 4 saturated carbocycles. The maximum Gasteiger partial charge on any atom is 0.164 e. The molecule has 0 aliphatic heterocycles. The van der Waals surface area contributed by atoms with Gasteiger partial charge in [-0.1, -0.05) is 140 Å². The molecule has 0 radical (unpaired) electrons. The zero-order valence-electron chi connectivity index (χ0n) is 31.6. The number of fused-ring (bicyclic) bond motifs is 5. The third kappa shape index (κ3) is 5.06. The van der Waals surface area contributed by atoms with Crippen molar-refractivity contribution in [3.8, 4) is 67.5 Å². The summed E-state index contributed by atoms with van der Waals surface area (Å²) in [6, 6.07) is 55.0. The summed E-state index contributed by atoms with van der Waals surface area (Å²) in [4.78, 5) is 14.5. The maximum atomic E-state index is 14.3. The van der Waals surface area contributed by atoms with E-state index in [0.29, 0.717) is 34.9 Å². The van der Waals surface area contributed by atoms with Crippen molar-refractivity contribution in [2.75, 3.05) is 0 Å². The van der Waals surface area contributed by atoms with Gasteiger partial charge in [0.25, 0.3) is 0 Å². The van der Waals surface area contributed by atoms with Crippen LogP contribution >= 0.6 is 0 Å². The fourth-order valence-electron chi connectivity index (χ4n) is 11.9. The van der Waals surface area contributed by atoms with Crippen LogP contribution in [0.2, 0.25) is 0 Å². The van der Waals surface area contributed by atoms with Crippen LogP contribution in [0, 0.1) is 29.5 Å². The minimum absolute atomic E-state index is 0.0424. The molecule has 1 heterocycles. The molecule has 13 rings (SSSR count). The molecule has 57 heavy (non-hydrogen) atoms. The number of aromatic nitrogens is 3. The fourth-order valence-corrected chi connectivity index (χ4v) is 11.9. The predicted octanol–water partition coefficient (Wildman–Crippen LogP) is 13.2. The molecule has 0 atom stereocenters. The van der Waals surface area contributed by atoms with Crippen molar-refractivity contribution in [3.63, 3.8) is 0 Å². The summed E-state index contributed by atoms with van der Waals surface area (Å²) in [5.41, 5.74) is 13.5. The largest absolute Gasteiger partial charge is 0.208 e. The van der Waals surface area contributed by atoms with Gasteiger partial charge in [-0.05, 0) is 129 Å². The van der Waals surface area contributed by atoms with Crippen molar-refractivity contribution < 1.29 is 4.39 Å². The maximum absolute atomic E-state index is 14.3. The van der Waals surface area contributed by atoms with E-state index in [1.807, 2.05) is 36.4 Å². The van der Waals surface area contributed by atoms with Crippen LogP contribution in [-0.2, 0) is 5.41 Å². The van der Waals surface area contributed by atoms with Gasteiger partial charge in [0.15, 0.2) is 17.5 Å². The lowest BCUT2D eigenvalue weighted by atomic mass is 9.42. The van der Waals surface area contributed by atoms with E-state index in [2.05, 4.69) is 103 Å². The summed E-state index contributed by atoms with van der Waals surface area (Å²) in [5.74, 6) is 4.34. The highest BCUT2D eigenvalue weighted by Gasteiger charge is 2.62. The van der Waals surface area contributed by atoms with Gasteiger partial charge < -0.3 is 0 Å². The van der Waals surface area contributed by atoms with E-state index in [9.17, 15) is 4.39 Å². The van der Waals surface area contributed by atoms with Gasteiger partial charge in [-0.15, -0.1) is 0 Å². The topological polar surface area (TPSA) is 38.7 Å². The van der Waals surface area contributed by atoms with Gasteiger partial charge in [-0.25, -0.2) is 19.3 Å². The predicted molar refractivity (Wildman–Crippen MR) is 228 cm³/mol. The zero-order valence-corrected chi connectivity index (χ0v) is 31.6. The van der Waals surface area contributed by atoms with Crippen LogP contribution in [0.25, 0.3) is 78.3 Å². The number of halogens is 1. The highest BCUT2D eigenvalue weighted by molar-refractivity contribution is 6.00. The summed E-state index contributed by atoms with van der Waals surface area (Å²) in [6.45, 7) is 0. The van der Waals surface area contributed by atoms with Crippen molar-refractivity contribution in [1.82, 2.24) is 15.0 Å². The minimum atomic E-state index is -0.325. The first-order valence-corrected chi connectivity index (χ1v) is 20.5. The van der Waals surface area contributed by atoms with Gasteiger partial charge in [0.05, 0.1) is 0 Å². The number of rotatable bonds is 5. The molecule has 0 amide bonds. The second kappa shape index (κ2) is 12.6. The molecule has 7 aromatic carbocycles. The Bertz CT molecular complexity index is 2850. The van der Waals surface area contributed by atoms with Gasteiger partial charge in [-0.3, -0.25) is 0 Å². The van der Waals surface area contributed by atoms with Crippen LogP contribution in [0.5, 0.6) is 0 Å². The van der Waals surface area contributed by atoms with Crippen LogP contribution in [0.4, 0.5) is 4.39 Å². The van der Waals surface area contributed by atoms with Crippen LogP contribution in [0.15, 0.2) is 158 Å². The van der Waals surface area contributed by atoms with Gasteiger partial charge in [-0.2, -0.15) is 0 Å². The Morgan fingerprint density at radius 1 is 0.404 bits per heavy atom. The molecule has 0 saturated heterocycles. The molecular formula is C53H40FN3. The number of benzene rings is 7. The van der Waals surface area contributed by atoms with E-state index in [1.165, 1.54) is 82.8 Å². The summed E-state index contributed by atoms with van der Waals surface area (Å²) >= 11 is 0. The first-order valence-electron chi connectivity index (χ1n) is 20.5. The van der Waals surface area contributed by atoms with Crippen LogP contribution < -0.4 is 0 Å². The molecule has 4 heteroatoms. The van der Waals surface area contributed by atoms with Crippen LogP contribution in [0.3, 0.4) is 0 Å². The SMILES string of the molecule is Fc1cccc(-c2nc(-c3ccccc3)nc(-c3ccc(-c4cccc(-c5cccc6c5C5(c7c-6ccc6ccccc76)C6CC7CC(C6)CC5C7)c4)cc3)n2)c1. The lowest BCUT2D eigenvalue weighted by Gasteiger charge is -2.61. The highest BCUT2D eigenvalue weighted by atomic mass is 19.1. The highest BCUT2D eigenvalue weighted by Crippen LogP contribution is 2.71. The van der Waals surface area contributed by atoms with Crippen molar-refractivity contribution in [3.05, 3.63) is 175 Å². The molecule has 4 fully saturated rings. The number of nitrogens with zero attached hydrogens (tertiary/aromatic N) is 3. The van der Waals surface area contributed by atoms with E-state index in [4.69, 9.17) is 15.0 Å². The first kappa shape index (κ1) is 32.9.